The summed E-state index contributed by atoms with van der Waals surface area (Å²) in [5.41, 5.74) is 0.722. The number of carbonyl (C=O) groups excluding carboxylic acids is 1. The second kappa shape index (κ2) is 5.66. The van der Waals surface area contributed by atoms with Crippen molar-refractivity contribution in [2.75, 3.05) is 0 Å². The van der Waals surface area contributed by atoms with E-state index in [-0.39, 0.29) is 5.78 Å². The zero-order valence-corrected chi connectivity index (χ0v) is 11.2. The maximum Gasteiger partial charge on any atom is 0.164 e. The summed E-state index contributed by atoms with van der Waals surface area (Å²) in [7, 11) is 0. The molecule has 0 saturated carbocycles. The highest BCUT2D eigenvalue weighted by atomic mass is 79.9. The van der Waals surface area contributed by atoms with Gasteiger partial charge in [-0.3, -0.25) is 4.79 Å². The first-order valence-corrected chi connectivity index (χ1v) is 6.20. The third kappa shape index (κ3) is 3.62. The Hall–Kier alpha value is -0.340. The van der Waals surface area contributed by atoms with Gasteiger partial charge in [0.2, 0.25) is 0 Å². The molecule has 82 valence electrons. The van der Waals surface area contributed by atoms with Crippen LogP contribution in [0.1, 0.15) is 37.0 Å². The van der Waals surface area contributed by atoms with Gasteiger partial charge in [-0.15, -0.1) is 0 Å². The third-order valence-electron chi connectivity index (χ3n) is 2.46. The van der Waals surface area contributed by atoms with Crippen LogP contribution in [0.4, 0.5) is 0 Å². The van der Waals surface area contributed by atoms with Gasteiger partial charge in [0.1, 0.15) is 0 Å². The summed E-state index contributed by atoms with van der Waals surface area (Å²) < 4.78 is 0.781. The maximum absolute atomic E-state index is 11.9. The molecule has 0 radical (unpaired) electrons. The maximum atomic E-state index is 11.9. The van der Waals surface area contributed by atoms with Crippen molar-refractivity contribution in [3.63, 3.8) is 0 Å². The van der Waals surface area contributed by atoms with E-state index in [1.165, 1.54) is 0 Å². The zero-order chi connectivity index (χ0) is 11.4. The molecule has 1 aromatic rings. The number of halogens is 2. The van der Waals surface area contributed by atoms with E-state index in [9.17, 15) is 4.79 Å². The quantitative estimate of drug-likeness (QED) is 0.733. The van der Waals surface area contributed by atoms with Crippen molar-refractivity contribution in [2.45, 2.75) is 26.7 Å². The Kier molecular flexibility index (Phi) is 4.81. The van der Waals surface area contributed by atoms with Crippen LogP contribution in [0, 0.1) is 5.92 Å². The number of benzene rings is 1. The molecule has 0 heterocycles. The second-order valence-electron chi connectivity index (χ2n) is 3.76. The van der Waals surface area contributed by atoms with E-state index in [1.807, 2.05) is 0 Å². The van der Waals surface area contributed by atoms with Crippen molar-refractivity contribution in [3.8, 4) is 0 Å². The molecule has 0 N–H and O–H groups in total. The van der Waals surface area contributed by atoms with Crippen LogP contribution in [0.2, 0.25) is 5.02 Å². The Labute approximate surface area is 104 Å². The van der Waals surface area contributed by atoms with Gasteiger partial charge in [0.15, 0.2) is 5.78 Å². The molecule has 15 heavy (non-hydrogen) atoms. The number of Topliss-reactive ketones (excluding diaryl/α,β-unsaturated/α-hetero) is 1. The van der Waals surface area contributed by atoms with Gasteiger partial charge in [0, 0.05) is 21.5 Å². The average molecular weight is 290 g/mol. The zero-order valence-electron chi connectivity index (χ0n) is 8.89. The number of carbonyl (C=O) groups is 1. The van der Waals surface area contributed by atoms with E-state index in [0.717, 1.165) is 16.5 Å². The second-order valence-corrected chi connectivity index (χ2v) is 5.06. The van der Waals surface area contributed by atoms with Gasteiger partial charge in [-0.25, -0.2) is 0 Å². The lowest BCUT2D eigenvalue weighted by Crippen LogP contribution is -2.05. The van der Waals surface area contributed by atoms with Crippen molar-refractivity contribution >= 4 is 33.3 Å². The van der Waals surface area contributed by atoms with Crippen molar-refractivity contribution in [3.05, 3.63) is 33.3 Å². The van der Waals surface area contributed by atoms with Crippen LogP contribution >= 0.6 is 27.5 Å². The molecule has 0 fully saturated rings. The van der Waals surface area contributed by atoms with Crippen LogP contribution in [0.15, 0.2) is 22.7 Å². The van der Waals surface area contributed by atoms with Crippen LogP contribution in [0.25, 0.3) is 0 Å². The lowest BCUT2D eigenvalue weighted by Gasteiger charge is -2.08. The minimum Gasteiger partial charge on any atom is -0.294 e. The summed E-state index contributed by atoms with van der Waals surface area (Å²) in [6.45, 7) is 4.18. The van der Waals surface area contributed by atoms with Crippen LogP contribution in [0.5, 0.6) is 0 Å². The fourth-order valence-electron chi connectivity index (χ4n) is 1.29. The van der Waals surface area contributed by atoms with Gasteiger partial charge >= 0.3 is 0 Å². The van der Waals surface area contributed by atoms with Crippen LogP contribution in [0.3, 0.4) is 0 Å². The molecule has 1 unspecified atom stereocenters. The Bertz CT molecular complexity index is 363. The molecule has 3 heteroatoms. The van der Waals surface area contributed by atoms with Crippen molar-refractivity contribution in [2.24, 2.45) is 5.92 Å². The lowest BCUT2D eigenvalue weighted by atomic mass is 9.98. The van der Waals surface area contributed by atoms with E-state index < -0.39 is 0 Å². The fourth-order valence-corrected chi connectivity index (χ4v) is 2.19. The monoisotopic (exact) mass is 288 g/mol. The predicted molar refractivity (Wildman–Crippen MR) is 67.6 cm³/mol. The molecule has 1 nitrogen and oxygen atoms in total. The minimum atomic E-state index is 0.174. The highest BCUT2D eigenvalue weighted by Gasteiger charge is 2.12. The van der Waals surface area contributed by atoms with Crippen molar-refractivity contribution in [1.82, 2.24) is 0 Å². The minimum absolute atomic E-state index is 0.174. The molecule has 0 aliphatic heterocycles. The topological polar surface area (TPSA) is 17.1 Å². The van der Waals surface area contributed by atoms with E-state index in [0.29, 0.717) is 17.4 Å². The highest BCUT2D eigenvalue weighted by molar-refractivity contribution is 9.10. The number of rotatable bonds is 4. The molecular formula is C12H14BrClO. The van der Waals surface area contributed by atoms with Crippen LogP contribution in [-0.4, -0.2) is 5.78 Å². The molecule has 1 rings (SSSR count). The van der Waals surface area contributed by atoms with Crippen LogP contribution < -0.4 is 0 Å². The molecule has 0 saturated heterocycles. The molecule has 0 aliphatic carbocycles. The Morgan fingerprint density at radius 2 is 2.20 bits per heavy atom. The molecular weight excluding hydrogens is 275 g/mol. The van der Waals surface area contributed by atoms with E-state index in [2.05, 4.69) is 29.8 Å². The normalized spacial score (nSPS) is 12.5. The fraction of sp³-hybridized carbons (Fsp3) is 0.417. The molecule has 0 aromatic heterocycles. The Morgan fingerprint density at radius 3 is 2.73 bits per heavy atom. The highest BCUT2D eigenvalue weighted by Crippen LogP contribution is 2.24. The van der Waals surface area contributed by atoms with Gasteiger partial charge in [0.05, 0.1) is 0 Å². The molecule has 0 spiro atoms. The van der Waals surface area contributed by atoms with Gasteiger partial charge < -0.3 is 0 Å². The number of hydrogen-bond donors (Lipinski definition) is 0. The predicted octanol–water partition coefficient (Wildman–Crippen LogP) is 4.72. The summed E-state index contributed by atoms with van der Waals surface area (Å²) in [5, 5.41) is 0.641. The van der Waals surface area contributed by atoms with Gasteiger partial charge in [-0.2, -0.15) is 0 Å². The number of ketones is 1. The molecule has 0 bridgehead atoms. The van der Waals surface area contributed by atoms with Crippen molar-refractivity contribution < 1.29 is 4.79 Å². The smallest absolute Gasteiger partial charge is 0.164 e. The third-order valence-corrected chi connectivity index (χ3v) is 3.35. The SMILES string of the molecule is CCC(C)CC(=O)c1ccc(Cl)cc1Br. The molecule has 1 aromatic carbocycles. The van der Waals surface area contributed by atoms with E-state index >= 15 is 0 Å². The molecule has 1 atom stereocenters. The largest absolute Gasteiger partial charge is 0.294 e. The van der Waals surface area contributed by atoms with E-state index in [4.69, 9.17) is 11.6 Å². The summed E-state index contributed by atoms with van der Waals surface area (Å²) in [4.78, 5) is 11.9. The molecule has 0 amide bonds. The van der Waals surface area contributed by atoms with Gasteiger partial charge in [-0.1, -0.05) is 31.9 Å². The summed E-state index contributed by atoms with van der Waals surface area (Å²) in [6, 6.07) is 5.28. The summed E-state index contributed by atoms with van der Waals surface area (Å²) in [6.07, 6.45) is 1.62. The van der Waals surface area contributed by atoms with Crippen LogP contribution in [-0.2, 0) is 0 Å². The first-order chi connectivity index (χ1) is 7.04. The van der Waals surface area contributed by atoms with Crippen molar-refractivity contribution in [1.29, 1.82) is 0 Å². The standard InChI is InChI=1S/C12H14BrClO/c1-3-8(2)6-12(15)10-5-4-9(14)7-11(10)13/h4-5,7-8H,3,6H2,1-2H3. The number of hydrogen-bond acceptors (Lipinski definition) is 1. The Balaban J connectivity index is 2.82. The first kappa shape index (κ1) is 12.7. The average Bonchev–Trinajstić information content (AvgIpc) is 2.17. The summed E-state index contributed by atoms with van der Waals surface area (Å²) in [5.74, 6) is 0.605. The lowest BCUT2D eigenvalue weighted by molar-refractivity contribution is 0.0963. The Morgan fingerprint density at radius 1 is 1.53 bits per heavy atom. The first-order valence-electron chi connectivity index (χ1n) is 5.02. The summed E-state index contributed by atoms with van der Waals surface area (Å²) >= 11 is 9.17. The van der Waals surface area contributed by atoms with Gasteiger partial charge in [-0.05, 0) is 40.0 Å². The van der Waals surface area contributed by atoms with Gasteiger partial charge in [0.25, 0.3) is 0 Å². The van der Waals surface area contributed by atoms with E-state index in [1.54, 1.807) is 18.2 Å². The molecule has 0 aliphatic rings.